The Hall–Kier alpha value is -2.14. The van der Waals surface area contributed by atoms with Gasteiger partial charge >= 0.3 is 6.03 Å². The van der Waals surface area contributed by atoms with Crippen molar-refractivity contribution in [2.75, 3.05) is 17.2 Å². The number of aliphatic hydroxyl groups excluding tert-OH is 2. The Morgan fingerprint density at radius 1 is 1.33 bits per heavy atom. The van der Waals surface area contributed by atoms with E-state index in [2.05, 4.69) is 20.8 Å². The first-order valence-corrected chi connectivity index (χ1v) is 7.98. The molecule has 1 saturated heterocycles. The van der Waals surface area contributed by atoms with Crippen molar-refractivity contribution in [3.8, 4) is 0 Å². The third kappa shape index (κ3) is 3.85. The van der Waals surface area contributed by atoms with E-state index in [-0.39, 0.29) is 11.7 Å². The van der Waals surface area contributed by atoms with E-state index >= 15 is 0 Å². The quantitative estimate of drug-likeness (QED) is 0.661. The summed E-state index contributed by atoms with van der Waals surface area (Å²) < 4.78 is 18.3. The Balaban J connectivity index is 1.58. The number of halogens is 1. The number of nitrogens with one attached hydrogen (secondary N) is 2. The lowest BCUT2D eigenvalue weighted by molar-refractivity contribution is -0.0227. The molecule has 24 heavy (non-hydrogen) atoms. The number of ether oxygens (including phenoxy) is 1. The van der Waals surface area contributed by atoms with Crippen molar-refractivity contribution in [2.24, 2.45) is 0 Å². The molecule has 0 bridgehead atoms. The van der Waals surface area contributed by atoms with Gasteiger partial charge in [-0.3, -0.25) is 5.32 Å². The van der Waals surface area contributed by atoms with Gasteiger partial charge in [0.15, 0.2) is 0 Å². The molecule has 1 aliphatic rings. The van der Waals surface area contributed by atoms with Gasteiger partial charge in [0.25, 0.3) is 0 Å². The smallest absolute Gasteiger partial charge is 0.325 e. The summed E-state index contributed by atoms with van der Waals surface area (Å²) in [5.41, 5.74) is 0.437. The Labute approximate surface area is 140 Å². The average Bonchev–Trinajstić information content (AvgIpc) is 3.16. The molecule has 3 rings (SSSR count). The Morgan fingerprint density at radius 3 is 2.75 bits per heavy atom. The monoisotopic (exact) mass is 354 g/mol. The summed E-state index contributed by atoms with van der Waals surface area (Å²) >= 11 is 1.11. The van der Waals surface area contributed by atoms with Crippen LogP contribution in [0, 0.1) is 5.82 Å². The number of rotatable bonds is 4. The predicted molar refractivity (Wildman–Crippen MR) is 84.3 cm³/mol. The molecule has 4 N–H and O–H groups in total. The maximum atomic E-state index is 12.8. The minimum atomic E-state index is -0.762. The molecule has 2 aromatic rings. The van der Waals surface area contributed by atoms with Crippen LogP contribution in [0.25, 0.3) is 0 Å². The number of benzene rings is 1. The second-order valence-electron chi connectivity index (χ2n) is 5.18. The Bertz CT molecular complexity index is 711. The zero-order chi connectivity index (χ0) is 17.1. The lowest BCUT2D eigenvalue weighted by Gasteiger charge is -2.09. The molecule has 0 aliphatic carbocycles. The van der Waals surface area contributed by atoms with Crippen LogP contribution in [0.15, 0.2) is 24.3 Å². The van der Waals surface area contributed by atoms with E-state index < -0.39 is 30.2 Å². The van der Waals surface area contributed by atoms with Crippen LogP contribution in [0.5, 0.6) is 0 Å². The highest BCUT2D eigenvalue weighted by Gasteiger charge is 2.36. The summed E-state index contributed by atoms with van der Waals surface area (Å²) in [6.07, 6.45) is -1.56. The molecule has 1 aromatic carbocycles. The van der Waals surface area contributed by atoms with Gasteiger partial charge in [0, 0.05) is 12.1 Å². The summed E-state index contributed by atoms with van der Waals surface area (Å²) in [6, 6.07) is 4.80. The Morgan fingerprint density at radius 2 is 2.08 bits per heavy atom. The number of anilines is 2. The standard InChI is InChI=1S/C14H15FN4O4S/c15-7-1-3-8(4-2-7)16-13(22)17-14-19-18-12(24-14)10-5-9(21)11(6-20)23-10/h1-4,9-11,20-21H,5-6H2,(H2,16,17,19,22)/t9-,10-,11+/m0/s1. The molecule has 0 saturated carbocycles. The van der Waals surface area contributed by atoms with Crippen LogP contribution in [0.2, 0.25) is 0 Å². The third-order valence-corrected chi connectivity index (χ3v) is 4.37. The molecule has 1 fully saturated rings. The molecule has 2 amide bonds. The van der Waals surface area contributed by atoms with E-state index in [0.29, 0.717) is 17.1 Å². The van der Waals surface area contributed by atoms with Crippen molar-refractivity contribution in [1.29, 1.82) is 0 Å². The second kappa shape index (κ2) is 7.18. The number of hydrogen-bond acceptors (Lipinski definition) is 7. The number of carbonyl (C=O) groups excluding carboxylic acids is 1. The van der Waals surface area contributed by atoms with Gasteiger partial charge in [-0.2, -0.15) is 0 Å². The average molecular weight is 354 g/mol. The summed E-state index contributed by atoms with van der Waals surface area (Å²) in [4.78, 5) is 11.9. The maximum Gasteiger partial charge on any atom is 0.325 e. The zero-order valence-electron chi connectivity index (χ0n) is 12.3. The number of carbonyl (C=O) groups is 1. The number of amides is 2. The fourth-order valence-electron chi connectivity index (χ4n) is 2.26. The second-order valence-corrected chi connectivity index (χ2v) is 6.19. The first-order valence-electron chi connectivity index (χ1n) is 7.16. The van der Waals surface area contributed by atoms with Crippen molar-refractivity contribution >= 4 is 28.2 Å². The van der Waals surface area contributed by atoms with Crippen LogP contribution >= 0.6 is 11.3 Å². The van der Waals surface area contributed by atoms with E-state index in [1.54, 1.807) is 0 Å². The molecule has 3 atom stereocenters. The lowest BCUT2D eigenvalue weighted by atomic mass is 10.1. The van der Waals surface area contributed by atoms with Crippen molar-refractivity contribution in [1.82, 2.24) is 10.2 Å². The molecule has 1 aromatic heterocycles. The summed E-state index contributed by atoms with van der Waals surface area (Å²) in [5, 5.41) is 32.4. The van der Waals surface area contributed by atoms with Gasteiger partial charge in [-0.05, 0) is 24.3 Å². The van der Waals surface area contributed by atoms with Crippen LogP contribution < -0.4 is 10.6 Å². The van der Waals surface area contributed by atoms with Crippen molar-refractivity contribution < 1.29 is 24.1 Å². The van der Waals surface area contributed by atoms with Gasteiger partial charge in [-0.15, -0.1) is 10.2 Å². The lowest BCUT2D eigenvalue weighted by Crippen LogP contribution is -2.24. The minimum absolute atomic E-state index is 0.259. The van der Waals surface area contributed by atoms with Crippen molar-refractivity contribution in [3.05, 3.63) is 35.1 Å². The molecule has 128 valence electrons. The summed E-state index contributed by atoms with van der Waals surface area (Å²) in [5.74, 6) is -0.394. The third-order valence-electron chi connectivity index (χ3n) is 3.44. The van der Waals surface area contributed by atoms with Gasteiger partial charge < -0.3 is 20.3 Å². The normalized spacial score (nSPS) is 23.2. The maximum absolute atomic E-state index is 12.8. The predicted octanol–water partition coefficient (Wildman–Crippen LogP) is 1.50. The van der Waals surface area contributed by atoms with Crippen LogP contribution in [0.3, 0.4) is 0 Å². The molecule has 8 nitrogen and oxygen atoms in total. The van der Waals surface area contributed by atoms with Gasteiger partial charge in [-0.25, -0.2) is 9.18 Å². The van der Waals surface area contributed by atoms with E-state index in [9.17, 15) is 14.3 Å². The van der Waals surface area contributed by atoms with E-state index in [0.717, 1.165) is 11.3 Å². The first kappa shape index (κ1) is 16.7. The molecular formula is C14H15FN4O4S. The topological polar surface area (TPSA) is 117 Å². The van der Waals surface area contributed by atoms with Crippen LogP contribution in [-0.2, 0) is 4.74 Å². The highest BCUT2D eigenvalue weighted by molar-refractivity contribution is 7.15. The fraction of sp³-hybridized carbons (Fsp3) is 0.357. The van der Waals surface area contributed by atoms with E-state index in [1.807, 2.05) is 0 Å². The van der Waals surface area contributed by atoms with Crippen molar-refractivity contribution in [3.63, 3.8) is 0 Å². The highest BCUT2D eigenvalue weighted by atomic mass is 32.1. The van der Waals surface area contributed by atoms with Crippen LogP contribution in [0.1, 0.15) is 17.5 Å². The van der Waals surface area contributed by atoms with Crippen molar-refractivity contribution in [2.45, 2.75) is 24.7 Å². The molecule has 2 heterocycles. The van der Waals surface area contributed by atoms with Crippen LogP contribution in [-0.4, -0.2) is 45.3 Å². The zero-order valence-corrected chi connectivity index (χ0v) is 13.2. The number of urea groups is 1. The summed E-state index contributed by atoms with van der Waals surface area (Å²) in [7, 11) is 0. The Kier molecular flexibility index (Phi) is 5.00. The molecule has 0 radical (unpaired) electrons. The molecule has 10 heteroatoms. The van der Waals surface area contributed by atoms with Gasteiger partial charge in [-0.1, -0.05) is 11.3 Å². The van der Waals surface area contributed by atoms with Gasteiger partial charge in [0.05, 0.1) is 12.7 Å². The minimum Gasteiger partial charge on any atom is -0.394 e. The summed E-state index contributed by atoms with van der Waals surface area (Å²) in [6.45, 7) is -0.276. The largest absolute Gasteiger partial charge is 0.394 e. The molecule has 0 spiro atoms. The van der Waals surface area contributed by atoms with Crippen LogP contribution in [0.4, 0.5) is 20.0 Å². The molecule has 1 aliphatic heterocycles. The fourth-order valence-corrected chi connectivity index (χ4v) is 3.05. The van der Waals surface area contributed by atoms with E-state index in [1.165, 1.54) is 24.3 Å². The number of aliphatic hydroxyl groups is 2. The van der Waals surface area contributed by atoms with Gasteiger partial charge in [0.2, 0.25) is 5.13 Å². The SMILES string of the molecule is O=C(Nc1ccc(F)cc1)Nc1nnc([C@@H]2C[C@H](O)[C@@H](CO)O2)s1. The first-order chi connectivity index (χ1) is 11.5. The number of aromatic nitrogens is 2. The molecule has 0 unspecified atom stereocenters. The number of nitrogens with zero attached hydrogens (tertiary/aromatic N) is 2. The van der Waals surface area contributed by atoms with Gasteiger partial charge in [0.1, 0.15) is 23.0 Å². The highest BCUT2D eigenvalue weighted by Crippen LogP contribution is 2.35. The van der Waals surface area contributed by atoms with E-state index in [4.69, 9.17) is 9.84 Å². The number of hydrogen-bond donors (Lipinski definition) is 4. The molecular weight excluding hydrogens is 339 g/mol.